The second-order valence-electron chi connectivity index (χ2n) is 9.58. The SMILES string of the molecule is CCCCCNC(=O)C(c1cccc(C)c1)N(CCCC)C(=O)C(CS)NC(=O)OC(C)(C)C. The predicted octanol–water partition coefficient (Wildman–Crippen LogP) is 4.79. The quantitative estimate of drug-likeness (QED) is 0.272. The van der Waals surface area contributed by atoms with Gasteiger partial charge < -0.3 is 20.3 Å². The maximum absolute atomic E-state index is 13.7. The smallest absolute Gasteiger partial charge is 0.408 e. The molecule has 2 unspecified atom stereocenters. The van der Waals surface area contributed by atoms with E-state index in [9.17, 15) is 14.4 Å². The van der Waals surface area contributed by atoms with Gasteiger partial charge >= 0.3 is 6.09 Å². The van der Waals surface area contributed by atoms with Crippen molar-refractivity contribution in [2.45, 2.75) is 91.3 Å². The topological polar surface area (TPSA) is 87.7 Å². The molecule has 8 heteroatoms. The minimum atomic E-state index is -0.921. The number of benzene rings is 1. The third-order valence-corrected chi connectivity index (χ3v) is 5.57. The highest BCUT2D eigenvalue weighted by Crippen LogP contribution is 2.24. The Labute approximate surface area is 210 Å². The number of carbonyl (C=O) groups excluding carboxylic acids is 3. The van der Waals surface area contributed by atoms with Gasteiger partial charge in [0.2, 0.25) is 11.8 Å². The van der Waals surface area contributed by atoms with Gasteiger partial charge in [0.1, 0.15) is 17.7 Å². The summed E-state index contributed by atoms with van der Waals surface area (Å²) in [5.41, 5.74) is 1.05. The van der Waals surface area contributed by atoms with E-state index in [-0.39, 0.29) is 17.6 Å². The number of thiol groups is 1. The second kappa shape index (κ2) is 14.9. The van der Waals surface area contributed by atoms with E-state index in [1.807, 2.05) is 38.1 Å². The first-order valence-electron chi connectivity index (χ1n) is 12.3. The molecule has 0 heterocycles. The van der Waals surface area contributed by atoms with Crippen molar-refractivity contribution in [2.24, 2.45) is 0 Å². The Morgan fingerprint density at radius 2 is 1.76 bits per heavy atom. The average molecular weight is 494 g/mol. The molecule has 0 aliphatic rings. The largest absolute Gasteiger partial charge is 0.444 e. The molecular weight excluding hydrogens is 450 g/mol. The Morgan fingerprint density at radius 1 is 1.09 bits per heavy atom. The lowest BCUT2D eigenvalue weighted by molar-refractivity contribution is -0.142. The molecule has 192 valence electrons. The van der Waals surface area contributed by atoms with Crippen molar-refractivity contribution >= 4 is 30.5 Å². The number of alkyl carbamates (subject to hydrolysis) is 1. The highest BCUT2D eigenvalue weighted by Gasteiger charge is 2.35. The van der Waals surface area contributed by atoms with Crippen LogP contribution in [0, 0.1) is 6.92 Å². The van der Waals surface area contributed by atoms with E-state index in [4.69, 9.17) is 4.74 Å². The van der Waals surface area contributed by atoms with Crippen LogP contribution in [-0.4, -0.2) is 53.3 Å². The number of carbonyl (C=O) groups is 3. The van der Waals surface area contributed by atoms with Crippen LogP contribution in [0.3, 0.4) is 0 Å². The van der Waals surface area contributed by atoms with E-state index in [2.05, 4.69) is 30.2 Å². The summed E-state index contributed by atoms with van der Waals surface area (Å²) in [5, 5.41) is 5.65. The zero-order valence-electron chi connectivity index (χ0n) is 21.6. The summed E-state index contributed by atoms with van der Waals surface area (Å²) in [6.45, 7) is 12.3. The molecule has 1 aromatic rings. The van der Waals surface area contributed by atoms with Crippen molar-refractivity contribution in [1.82, 2.24) is 15.5 Å². The first-order chi connectivity index (χ1) is 16.0. The van der Waals surface area contributed by atoms with Gasteiger partial charge in [-0.2, -0.15) is 12.6 Å². The van der Waals surface area contributed by atoms with Gasteiger partial charge in [0, 0.05) is 18.8 Å². The number of unbranched alkanes of at least 4 members (excludes halogenated alkanes) is 3. The lowest BCUT2D eigenvalue weighted by Crippen LogP contribution is -2.54. The summed E-state index contributed by atoms with van der Waals surface area (Å²) >= 11 is 4.31. The first-order valence-corrected chi connectivity index (χ1v) is 12.9. The van der Waals surface area contributed by atoms with Crippen molar-refractivity contribution in [3.05, 3.63) is 35.4 Å². The second-order valence-corrected chi connectivity index (χ2v) is 9.95. The fraction of sp³-hybridized carbons (Fsp3) is 0.654. The van der Waals surface area contributed by atoms with Gasteiger partial charge in [0.15, 0.2) is 0 Å². The van der Waals surface area contributed by atoms with Crippen molar-refractivity contribution < 1.29 is 19.1 Å². The van der Waals surface area contributed by atoms with Crippen LogP contribution < -0.4 is 10.6 Å². The third-order valence-electron chi connectivity index (χ3n) is 5.20. The molecule has 0 saturated carbocycles. The number of nitrogens with one attached hydrogen (secondary N) is 2. The van der Waals surface area contributed by atoms with Crippen LogP contribution in [0.5, 0.6) is 0 Å². The number of hydrogen-bond donors (Lipinski definition) is 3. The molecule has 0 bridgehead atoms. The summed E-state index contributed by atoms with van der Waals surface area (Å²) in [7, 11) is 0. The van der Waals surface area contributed by atoms with Crippen LogP contribution in [0.1, 0.15) is 83.9 Å². The van der Waals surface area contributed by atoms with Crippen molar-refractivity contribution in [3.8, 4) is 0 Å². The standard InChI is InChI=1S/C26H43N3O4S/c1-7-9-11-15-27-23(30)22(20-14-12-13-19(3)17-20)29(16-10-8-2)24(31)21(18-34)28-25(32)33-26(4,5)6/h12-14,17,21-22,34H,7-11,15-16,18H2,1-6H3,(H,27,30)(H,28,32). The van der Waals surface area contributed by atoms with E-state index < -0.39 is 23.8 Å². The van der Waals surface area contributed by atoms with Gasteiger partial charge in [-0.15, -0.1) is 0 Å². The molecule has 0 spiro atoms. The Hall–Kier alpha value is -2.22. The summed E-state index contributed by atoms with van der Waals surface area (Å²) < 4.78 is 5.33. The zero-order valence-corrected chi connectivity index (χ0v) is 22.5. The van der Waals surface area contributed by atoms with Crippen LogP contribution in [-0.2, 0) is 14.3 Å². The normalized spacial score (nSPS) is 13.0. The predicted molar refractivity (Wildman–Crippen MR) is 140 cm³/mol. The van der Waals surface area contributed by atoms with Crippen molar-refractivity contribution in [1.29, 1.82) is 0 Å². The van der Waals surface area contributed by atoms with Crippen LogP contribution in [0.4, 0.5) is 4.79 Å². The maximum Gasteiger partial charge on any atom is 0.408 e. The van der Waals surface area contributed by atoms with Crippen LogP contribution >= 0.6 is 12.6 Å². The van der Waals surface area contributed by atoms with E-state index in [0.717, 1.165) is 43.2 Å². The third kappa shape index (κ3) is 10.4. The van der Waals surface area contributed by atoms with Gasteiger partial charge in [-0.05, 0) is 46.1 Å². The van der Waals surface area contributed by atoms with Crippen molar-refractivity contribution in [3.63, 3.8) is 0 Å². The molecule has 0 aliphatic carbocycles. The fourth-order valence-corrected chi connectivity index (χ4v) is 3.77. The Morgan fingerprint density at radius 3 is 2.32 bits per heavy atom. The maximum atomic E-state index is 13.7. The number of hydrogen-bond acceptors (Lipinski definition) is 5. The molecule has 0 aromatic heterocycles. The van der Waals surface area contributed by atoms with Gasteiger partial charge in [-0.25, -0.2) is 4.79 Å². The summed E-state index contributed by atoms with van der Waals surface area (Å²) in [6.07, 6.45) is 3.85. The van der Waals surface area contributed by atoms with Crippen molar-refractivity contribution in [2.75, 3.05) is 18.8 Å². The summed E-state index contributed by atoms with van der Waals surface area (Å²) in [5.74, 6) is -0.495. The Balaban J connectivity index is 3.27. The molecule has 0 fully saturated rings. The van der Waals surface area contributed by atoms with Gasteiger partial charge in [-0.3, -0.25) is 9.59 Å². The molecular formula is C26H43N3O4S. The molecule has 2 atom stereocenters. The number of amides is 3. The first kappa shape index (κ1) is 29.8. The van der Waals surface area contributed by atoms with E-state index >= 15 is 0 Å². The highest BCUT2D eigenvalue weighted by molar-refractivity contribution is 7.80. The van der Waals surface area contributed by atoms with E-state index in [1.54, 1.807) is 25.7 Å². The number of ether oxygens (including phenoxy) is 1. The molecule has 7 nitrogen and oxygen atoms in total. The Kier molecular flexibility index (Phi) is 13.1. The highest BCUT2D eigenvalue weighted by atomic mass is 32.1. The molecule has 2 N–H and O–H groups in total. The summed E-state index contributed by atoms with van der Waals surface area (Å²) in [6, 6.07) is 5.92. The van der Waals surface area contributed by atoms with E-state index in [1.165, 1.54) is 0 Å². The molecule has 3 amide bonds. The minimum Gasteiger partial charge on any atom is -0.444 e. The lowest BCUT2D eigenvalue weighted by atomic mass is 10.0. The molecule has 0 saturated heterocycles. The number of nitrogens with zero attached hydrogens (tertiary/aromatic N) is 1. The van der Waals surface area contributed by atoms with E-state index in [0.29, 0.717) is 13.1 Å². The molecule has 0 aliphatic heterocycles. The summed E-state index contributed by atoms with van der Waals surface area (Å²) in [4.78, 5) is 41.0. The molecule has 1 aromatic carbocycles. The molecule has 34 heavy (non-hydrogen) atoms. The zero-order chi connectivity index (χ0) is 25.7. The lowest BCUT2D eigenvalue weighted by Gasteiger charge is -2.34. The number of rotatable bonds is 13. The van der Waals surface area contributed by atoms with Gasteiger partial charge in [0.05, 0.1) is 0 Å². The monoisotopic (exact) mass is 493 g/mol. The molecule has 1 rings (SSSR count). The molecule has 0 radical (unpaired) electrons. The number of aryl methyl sites for hydroxylation is 1. The Bertz CT molecular complexity index is 794. The van der Waals surface area contributed by atoms with Crippen LogP contribution in [0.2, 0.25) is 0 Å². The van der Waals surface area contributed by atoms with Gasteiger partial charge in [-0.1, -0.05) is 62.9 Å². The van der Waals surface area contributed by atoms with Crippen LogP contribution in [0.15, 0.2) is 24.3 Å². The fourth-order valence-electron chi connectivity index (χ4n) is 3.53. The van der Waals surface area contributed by atoms with Gasteiger partial charge in [0.25, 0.3) is 0 Å². The average Bonchev–Trinajstić information content (AvgIpc) is 2.76. The minimum absolute atomic E-state index is 0.0827. The van der Waals surface area contributed by atoms with Crippen LogP contribution in [0.25, 0.3) is 0 Å².